The molecule has 1 aromatic carbocycles. The van der Waals surface area contributed by atoms with Crippen LogP contribution in [0.2, 0.25) is 0 Å². The molecule has 1 atom stereocenters. The van der Waals surface area contributed by atoms with Gasteiger partial charge in [-0.3, -0.25) is 4.79 Å². The number of hydrogen-bond donors (Lipinski definition) is 0. The minimum Gasteiger partial charge on any atom is -0.336 e. The first kappa shape index (κ1) is 14.1. The first-order valence-electron chi connectivity index (χ1n) is 7.59. The smallest absolute Gasteiger partial charge is 0.253 e. The van der Waals surface area contributed by atoms with Crippen LogP contribution < -0.4 is 0 Å². The van der Waals surface area contributed by atoms with Crippen LogP contribution >= 0.6 is 11.3 Å². The highest BCUT2D eigenvalue weighted by Gasteiger charge is 2.28. The Labute approximate surface area is 138 Å². The van der Waals surface area contributed by atoms with Crippen LogP contribution in [0.1, 0.15) is 22.8 Å². The van der Waals surface area contributed by atoms with Crippen molar-refractivity contribution in [3.8, 4) is 11.1 Å². The van der Waals surface area contributed by atoms with Gasteiger partial charge in [0.1, 0.15) is 0 Å². The van der Waals surface area contributed by atoms with Gasteiger partial charge in [0.2, 0.25) is 0 Å². The number of carbonyl (C=O) groups excluding carboxylic acids is 1. The zero-order chi connectivity index (χ0) is 15.6. The van der Waals surface area contributed by atoms with Gasteiger partial charge in [-0.15, -0.1) is 5.10 Å². The minimum absolute atomic E-state index is 0.0875. The molecule has 1 saturated heterocycles. The third-order valence-electron chi connectivity index (χ3n) is 4.25. The van der Waals surface area contributed by atoms with E-state index in [9.17, 15) is 4.79 Å². The fraction of sp³-hybridized carbons (Fsp3) is 0.235. The summed E-state index contributed by atoms with van der Waals surface area (Å²) in [7, 11) is 0. The van der Waals surface area contributed by atoms with Gasteiger partial charge in [0.15, 0.2) is 0 Å². The van der Waals surface area contributed by atoms with Gasteiger partial charge >= 0.3 is 0 Å². The Morgan fingerprint density at radius 3 is 2.74 bits per heavy atom. The first-order chi connectivity index (χ1) is 11.3. The van der Waals surface area contributed by atoms with Gasteiger partial charge in [0.05, 0.1) is 12.2 Å². The monoisotopic (exact) mass is 324 g/mol. The lowest BCUT2D eigenvalue weighted by molar-refractivity contribution is 0.0787. The molecule has 0 aliphatic carbocycles. The normalized spacial score (nSPS) is 17.6. The summed E-state index contributed by atoms with van der Waals surface area (Å²) >= 11 is 1.68. The van der Waals surface area contributed by atoms with E-state index in [1.807, 2.05) is 40.0 Å². The summed E-state index contributed by atoms with van der Waals surface area (Å²) in [5, 5.41) is 12.0. The van der Waals surface area contributed by atoms with Crippen LogP contribution in [0.5, 0.6) is 0 Å². The molecule has 6 heteroatoms. The Hall–Kier alpha value is -2.47. The van der Waals surface area contributed by atoms with Crippen LogP contribution in [-0.4, -0.2) is 38.9 Å². The highest BCUT2D eigenvalue weighted by atomic mass is 32.1. The van der Waals surface area contributed by atoms with Crippen LogP contribution in [-0.2, 0) is 0 Å². The van der Waals surface area contributed by atoms with Crippen LogP contribution in [0, 0.1) is 0 Å². The molecule has 1 aliphatic heterocycles. The fourth-order valence-corrected chi connectivity index (χ4v) is 3.64. The van der Waals surface area contributed by atoms with E-state index in [4.69, 9.17) is 0 Å². The number of likely N-dealkylation sites (tertiary alicyclic amines) is 1. The van der Waals surface area contributed by atoms with E-state index < -0.39 is 0 Å². The Balaban J connectivity index is 1.47. The molecule has 0 N–H and O–H groups in total. The van der Waals surface area contributed by atoms with Gasteiger partial charge in [-0.1, -0.05) is 17.3 Å². The quantitative estimate of drug-likeness (QED) is 0.744. The summed E-state index contributed by atoms with van der Waals surface area (Å²) in [5.74, 6) is 0.0875. The number of thiophene rings is 1. The minimum atomic E-state index is 0.0875. The van der Waals surface area contributed by atoms with Crippen molar-refractivity contribution in [2.24, 2.45) is 0 Å². The number of carbonyl (C=O) groups is 1. The standard InChI is InChI=1S/C17H16N4OS/c22-17(20-8-5-16(11-20)21-9-7-18-19-21)14-3-1-13(2-4-14)15-6-10-23-12-15/h1-4,6-7,9-10,12,16H,5,8,11H2/t16-/m0/s1. The van der Waals surface area contributed by atoms with Crippen LogP contribution in [0.3, 0.4) is 0 Å². The fourth-order valence-electron chi connectivity index (χ4n) is 2.97. The average molecular weight is 324 g/mol. The lowest BCUT2D eigenvalue weighted by atomic mass is 10.1. The zero-order valence-corrected chi connectivity index (χ0v) is 13.3. The highest BCUT2D eigenvalue weighted by Crippen LogP contribution is 2.25. The van der Waals surface area contributed by atoms with Gasteiger partial charge < -0.3 is 4.90 Å². The second-order valence-electron chi connectivity index (χ2n) is 5.67. The summed E-state index contributed by atoms with van der Waals surface area (Å²) in [5.41, 5.74) is 3.08. The van der Waals surface area contributed by atoms with Crippen molar-refractivity contribution < 1.29 is 4.79 Å². The number of amides is 1. The number of rotatable bonds is 3. The van der Waals surface area contributed by atoms with Crippen LogP contribution in [0.15, 0.2) is 53.5 Å². The molecule has 1 amide bonds. The second kappa shape index (κ2) is 5.96. The Morgan fingerprint density at radius 2 is 2.04 bits per heavy atom. The summed E-state index contributed by atoms with van der Waals surface area (Å²) in [6, 6.07) is 10.2. The maximum absolute atomic E-state index is 12.6. The van der Waals surface area contributed by atoms with Crippen molar-refractivity contribution in [3.63, 3.8) is 0 Å². The summed E-state index contributed by atoms with van der Waals surface area (Å²) < 4.78 is 1.84. The molecule has 2 aromatic heterocycles. The second-order valence-corrected chi connectivity index (χ2v) is 6.45. The molecule has 0 unspecified atom stereocenters. The molecule has 1 fully saturated rings. The average Bonchev–Trinajstić information content (AvgIpc) is 3.36. The molecule has 0 radical (unpaired) electrons. The van der Waals surface area contributed by atoms with Crippen LogP contribution in [0.25, 0.3) is 11.1 Å². The molecule has 1 aliphatic rings. The molecular weight excluding hydrogens is 308 g/mol. The van der Waals surface area contributed by atoms with Gasteiger partial charge in [-0.05, 0) is 46.5 Å². The molecule has 3 heterocycles. The third kappa shape index (κ3) is 2.77. The van der Waals surface area contributed by atoms with E-state index in [2.05, 4.69) is 27.1 Å². The number of benzene rings is 1. The largest absolute Gasteiger partial charge is 0.336 e. The van der Waals surface area contributed by atoms with E-state index in [1.165, 1.54) is 5.56 Å². The van der Waals surface area contributed by atoms with E-state index in [-0.39, 0.29) is 11.9 Å². The molecule has 0 spiro atoms. The number of hydrogen-bond acceptors (Lipinski definition) is 4. The maximum atomic E-state index is 12.6. The summed E-state index contributed by atoms with van der Waals surface area (Å²) in [4.78, 5) is 14.5. The van der Waals surface area contributed by atoms with Crippen molar-refractivity contribution in [1.82, 2.24) is 19.9 Å². The van der Waals surface area contributed by atoms with Gasteiger partial charge in [-0.2, -0.15) is 11.3 Å². The molecule has 3 aromatic rings. The molecule has 116 valence electrons. The maximum Gasteiger partial charge on any atom is 0.253 e. The zero-order valence-electron chi connectivity index (χ0n) is 12.5. The van der Waals surface area contributed by atoms with Crippen molar-refractivity contribution in [2.45, 2.75) is 12.5 Å². The summed E-state index contributed by atoms with van der Waals surface area (Å²) in [6.45, 7) is 1.45. The van der Waals surface area contributed by atoms with Crippen molar-refractivity contribution in [3.05, 3.63) is 59.0 Å². The lowest BCUT2D eigenvalue weighted by Crippen LogP contribution is -2.29. The van der Waals surface area contributed by atoms with E-state index in [0.29, 0.717) is 6.54 Å². The topological polar surface area (TPSA) is 51.0 Å². The molecule has 4 rings (SSSR count). The van der Waals surface area contributed by atoms with Crippen molar-refractivity contribution in [1.29, 1.82) is 0 Å². The molecular formula is C17H16N4OS. The van der Waals surface area contributed by atoms with E-state index in [1.54, 1.807) is 17.5 Å². The molecule has 0 saturated carbocycles. The van der Waals surface area contributed by atoms with E-state index in [0.717, 1.165) is 24.1 Å². The van der Waals surface area contributed by atoms with Crippen LogP contribution in [0.4, 0.5) is 0 Å². The molecule has 5 nitrogen and oxygen atoms in total. The predicted molar refractivity (Wildman–Crippen MR) is 89.3 cm³/mol. The number of nitrogens with zero attached hydrogens (tertiary/aromatic N) is 4. The Kier molecular flexibility index (Phi) is 3.67. The Bertz CT molecular complexity index is 781. The van der Waals surface area contributed by atoms with Gasteiger partial charge in [0.25, 0.3) is 5.91 Å². The van der Waals surface area contributed by atoms with E-state index >= 15 is 0 Å². The third-order valence-corrected chi connectivity index (χ3v) is 4.94. The number of aromatic nitrogens is 3. The van der Waals surface area contributed by atoms with Crippen molar-refractivity contribution in [2.75, 3.05) is 13.1 Å². The Morgan fingerprint density at radius 1 is 1.17 bits per heavy atom. The lowest BCUT2D eigenvalue weighted by Gasteiger charge is -2.16. The summed E-state index contributed by atoms with van der Waals surface area (Å²) in [6.07, 6.45) is 4.45. The SMILES string of the molecule is O=C(c1ccc(-c2ccsc2)cc1)N1CC[C@H](n2ccnn2)C1. The van der Waals surface area contributed by atoms with Gasteiger partial charge in [0, 0.05) is 24.8 Å². The first-order valence-corrected chi connectivity index (χ1v) is 8.53. The van der Waals surface area contributed by atoms with Gasteiger partial charge in [-0.25, -0.2) is 4.68 Å². The molecule has 23 heavy (non-hydrogen) atoms. The van der Waals surface area contributed by atoms with Crippen molar-refractivity contribution >= 4 is 17.2 Å². The highest BCUT2D eigenvalue weighted by molar-refractivity contribution is 7.08. The molecule has 0 bridgehead atoms. The predicted octanol–water partition coefficient (Wildman–Crippen LogP) is 3.09.